The number of ether oxygens (including phenoxy) is 3. The molecular formula is C31H37ClF3N3O8. The van der Waals surface area contributed by atoms with Gasteiger partial charge in [-0.05, 0) is 38.4 Å². The van der Waals surface area contributed by atoms with Gasteiger partial charge in [-0.2, -0.15) is 13.2 Å². The number of halogens is 4. The van der Waals surface area contributed by atoms with Crippen molar-refractivity contribution in [1.82, 2.24) is 10.6 Å². The first-order valence-electron chi connectivity index (χ1n) is 14.3. The van der Waals surface area contributed by atoms with Crippen LogP contribution in [0.15, 0.2) is 77.1 Å². The van der Waals surface area contributed by atoms with E-state index in [0.29, 0.717) is 31.7 Å². The van der Waals surface area contributed by atoms with Gasteiger partial charge < -0.3 is 30.0 Å². The number of para-hydroxylation sites is 2. The number of hydrogen-bond donors (Lipinski definition) is 3. The lowest BCUT2D eigenvalue weighted by Crippen LogP contribution is -2.38. The summed E-state index contributed by atoms with van der Waals surface area (Å²) in [4.78, 5) is 37.0. The van der Waals surface area contributed by atoms with Crippen molar-refractivity contribution >= 4 is 30.0 Å². The Morgan fingerprint density at radius 3 is 2.33 bits per heavy atom. The molecule has 1 aliphatic heterocycles. The van der Waals surface area contributed by atoms with E-state index in [2.05, 4.69) is 15.4 Å². The minimum Gasteiger partial charge on any atom is -0.491 e. The summed E-state index contributed by atoms with van der Waals surface area (Å²) in [5.74, 6) is -3.52. The molecule has 2 aromatic carbocycles. The number of nitrogens with one attached hydrogen (secondary N) is 2. The molecule has 0 fully saturated rings. The van der Waals surface area contributed by atoms with E-state index in [1.54, 1.807) is 12.1 Å². The molecule has 2 unspecified atom stereocenters. The first kappa shape index (κ1) is 38.0. The molecule has 0 aliphatic carbocycles. The Labute approximate surface area is 270 Å². The smallest absolute Gasteiger partial charge is 0.431 e. The van der Waals surface area contributed by atoms with Crippen molar-refractivity contribution in [3.63, 3.8) is 0 Å². The highest BCUT2D eigenvalue weighted by Crippen LogP contribution is 2.45. The summed E-state index contributed by atoms with van der Waals surface area (Å²) < 4.78 is 57.7. The van der Waals surface area contributed by atoms with Gasteiger partial charge in [0.15, 0.2) is 0 Å². The maximum atomic E-state index is 14.1. The first-order valence-corrected chi connectivity index (χ1v) is 14.3. The van der Waals surface area contributed by atoms with Crippen molar-refractivity contribution in [1.29, 1.82) is 0 Å². The second kappa shape index (κ2) is 18.1. The number of carbonyl (C=O) groups is 2. The average molecular weight is 672 g/mol. The summed E-state index contributed by atoms with van der Waals surface area (Å²) in [6, 6.07) is 14.1. The summed E-state index contributed by atoms with van der Waals surface area (Å²) in [5, 5.41) is 27.1. The van der Waals surface area contributed by atoms with E-state index in [1.807, 2.05) is 18.2 Å². The van der Waals surface area contributed by atoms with Crippen molar-refractivity contribution < 1.29 is 47.0 Å². The Bertz CT molecular complexity index is 1400. The number of carbonyl (C=O) groups excluding carboxylic acids is 2. The fraction of sp³-hybridized carbons (Fsp3) is 0.419. The summed E-state index contributed by atoms with van der Waals surface area (Å²) in [5.41, 5.74) is -3.95. The molecule has 0 spiro atoms. The molecule has 15 heteroatoms. The lowest BCUT2D eigenvalue weighted by Gasteiger charge is -2.31. The highest BCUT2D eigenvalue weighted by molar-refractivity contribution is 6.00. The largest absolute Gasteiger partial charge is 0.491 e. The van der Waals surface area contributed by atoms with Crippen LogP contribution in [0.1, 0.15) is 44.1 Å². The van der Waals surface area contributed by atoms with Gasteiger partial charge in [0.25, 0.3) is 5.69 Å². The average Bonchev–Trinajstić information content (AvgIpc) is 3.01. The zero-order chi connectivity index (χ0) is 33.0. The number of alkyl halides is 3. The molecule has 0 radical (unpaired) electrons. The van der Waals surface area contributed by atoms with Crippen LogP contribution in [0.2, 0.25) is 0 Å². The second-order valence-electron chi connectivity index (χ2n) is 10.2. The molecule has 1 aliphatic rings. The molecule has 252 valence electrons. The zero-order valence-electron chi connectivity index (χ0n) is 25.3. The number of rotatable bonds is 16. The van der Waals surface area contributed by atoms with Crippen molar-refractivity contribution in [2.24, 2.45) is 0 Å². The Morgan fingerprint density at radius 2 is 1.67 bits per heavy atom. The molecule has 0 saturated carbocycles. The Kier molecular flexibility index (Phi) is 15.0. The molecule has 11 nitrogen and oxygen atoms in total. The van der Waals surface area contributed by atoms with Crippen LogP contribution in [0, 0.1) is 10.1 Å². The van der Waals surface area contributed by atoms with Gasteiger partial charge in [0.2, 0.25) is 0 Å². The molecule has 3 N–H and O–H groups in total. The predicted octanol–water partition coefficient (Wildman–Crippen LogP) is 5.10. The number of hydrogen-bond acceptors (Lipinski definition) is 10. The molecule has 0 aromatic heterocycles. The number of nitro benzene ring substituents is 1. The van der Waals surface area contributed by atoms with E-state index in [1.165, 1.54) is 25.1 Å². The van der Waals surface area contributed by atoms with Crippen LogP contribution in [0.3, 0.4) is 0 Å². The Balaban J connectivity index is 0.00000736. The van der Waals surface area contributed by atoms with Crippen LogP contribution >= 0.6 is 12.4 Å². The fourth-order valence-electron chi connectivity index (χ4n) is 4.85. The molecule has 2 atom stereocenters. The second-order valence-corrected chi connectivity index (χ2v) is 10.2. The Hall–Kier alpha value is -4.14. The van der Waals surface area contributed by atoms with Crippen molar-refractivity contribution in [3.05, 3.63) is 92.8 Å². The molecule has 0 amide bonds. The van der Waals surface area contributed by atoms with Crippen LogP contribution in [0.4, 0.5) is 18.9 Å². The van der Waals surface area contributed by atoms with Crippen molar-refractivity contribution in [2.45, 2.75) is 50.8 Å². The highest BCUT2D eigenvalue weighted by atomic mass is 35.5. The van der Waals surface area contributed by atoms with E-state index >= 15 is 0 Å². The van der Waals surface area contributed by atoms with Crippen LogP contribution < -0.4 is 15.4 Å². The number of aliphatic hydroxyl groups is 1. The lowest BCUT2D eigenvalue weighted by molar-refractivity contribution is -0.385. The van der Waals surface area contributed by atoms with Gasteiger partial charge in [0.1, 0.15) is 24.2 Å². The number of dihydropyridines is 1. The predicted molar refractivity (Wildman–Crippen MR) is 164 cm³/mol. The molecule has 3 rings (SSSR count). The van der Waals surface area contributed by atoms with E-state index < -0.39 is 52.0 Å². The monoisotopic (exact) mass is 671 g/mol. The summed E-state index contributed by atoms with van der Waals surface area (Å²) in [7, 11) is 0.876. The number of nitro groups is 1. The minimum atomic E-state index is -5.06. The van der Waals surface area contributed by atoms with Crippen LogP contribution in [-0.4, -0.2) is 67.7 Å². The molecule has 0 bridgehead atoms. The number of esters is 2. The third-order valence-electron chi connectivity index (χ3n) is 6.96. The molecule has 2 aromatic rings. The lowest BCUT2D eigenvalue weighted by atomic mass is 9.79. The third-order valence-corrected chi connectivity index (χ3v) is 6.96. The van der Waals surface area contributed by atoms with Crippen molar-refractivity contribution in [3.8, 4) is 5.75 Å². The molecule has 1 heterocycles. The number of nitrogens with zero attached hydrogens (tertiary/aromatic N) is 1. The number of unbranched alkanes of at least 4 members (excludes halogenated alkanes) is 3. The topological polar surface area (TPSA) is 149 Å². The van der Waals surface area contributed by atoms with Gasteiger partial charge in [-0.25, -0.2) is 9.59 Å². The van der Waals surface area contributed by atoms with E-state index in [-0.39, 0.29) is 42.5 Å². The van der Waals surface area contributed by atoms with Crippen LogP contribution in [0.5, 0.6) is 5.75 Å². The number of aliphatic hydroxyl groups excluding tert-OH is 1. The molecule has 0 saturated heterocycles. The van der Waals surface area contributed by atoms with E-state index in [4.69, 9.17) is 9.47 Å². The molecular weight excluding hydrogens is 635 g/mol. The van der Waals surface area contributed by atoms with Gasteiger partial charge in [0.05, 0.1) is 35.7 Å². The van der Waals surface area contributed by atoms with E-state index in [9.17, 15) is 38.0 Å². The first-order chi connectivity index (χ1) is 21.5. The quantitative estimate of drug-likeness (QED) is 0.0952. The number of allylic oxidation sites excluding steroid dienone is 2. The third kappa shape index (κ3) is 10.5. The number of benzene rings is 2. The van der Waals surface area contributed by atoms with Crippen molar-refractivity contribution in [2.75, 3.05) is 33.4 Å². The zero-order valence-corrected chi connectivity index (χ0v) is 26.1. The van der Waals surface area contributed by atoms with E-state index in [0.717, 1.165) is 26.0 Å². The van der Waals surface area contributed by atoms with Crippen LogP contribution in [0.25, 0.3) is 0 Å². The minimum absolute atomic E-state index is 0. The van der Waals surface area contributed by atoms with Gasteiger partial charge in [-0.15, -0.1) is 12.4 Å². The Morgan fingerprint density at radius 1 is 1.02 bits per heavy atom. The summed E-state index contributed by atoms with van der Waals surface area (Å²) >= 11 is 0. The van der Waals surface area contributed by atoms with Gasteiger partial charge >= 0.3 is 18.1 Å². The molecule has 46 heavy (non-hydrogen) atoms. The summed E-state index contributed by atoms with van der Waals surface area (Å²) in [6.07, 6.45) is -3.08. The highest BCUT2D eigenvalue weighted by Gasteiger charge is 2.48. The SMILES string of the molecule is COC(=O)C1=C(C(F)(F)F)NC(C)=C(C(=O)OCCCCCCNCC(O)COc2ccccc2)C1c1ccccc1[N+](=O)[O-].Cl. The van der Waals surface area contributed by atoms with Gasteiger partial charge in [-0.3, -0.25) is 10.1 Å². The fourth-order valence-corrected chi connectivity index (χ4v) is 4.85. The summed E-state index contributed by atoms with van der Waals surface area (Å²) in [6.45, 7) is 2.29. The van der Waals surface area contributed by atoms with Gasteiger partial charge in [0, 0.05) is 23.9 Å². The van der Waals surface area contributed by atoms with Gasteiger partial charge in [-0.1, -0.05) is 49.2 Å². The maximum absolute atomic E-state index is 14.1. The van der Waals surface area contributed by atoms with Crippen LogP contribution in [-0.2, 0) is 19.1 Å². The standard InChI is InChI=1S/C31H36F3N3O8.ClH/c1-20-25(30(40)44-17-11-4-3-10-16-35-18-21(38)19-45-22-12-6-5-7-13-22)26(23-14-8-9-15-24(23)37(41)42)27(29(39)43-2)28(36-20)31(32,33)34;/h5-9,12-15,21,26,35-36,38H,3-4,10-11,16-19H2,1-2H3;1H. The number of methoxy groups -OCH3 is 1. The maximum Gasteiger partial charge on any atom is 0.431 e. The normalized spacial score (nSPS) is 15.4.